The lowest BCUT2D eigenvalue weighted by atomic mass is 9.89. The third-order valence-electron chi connectivity index (χ3n) is 4.63. The van der Waals surface area contributed by atoms with Crippen LogP contribution in [0.4, 0.5) is 11.4 Å². The van der Waals surface area contributed by atoms with Crippen LogP contribution < -0.4 is 16.4 Å². The lowest BCUT2D eigenvalue weighted by Crippen LogP contribution is -2.56. The fourth-order valence-corrected chi connectivity index (χ4v) is 3.36. The quantitative estimate of drug-likeness (QED) is 0.409. The molecule has 0 fully saturated rings. The van der Waals surface area contributed by atoms with Crippen LogP contribution in [0, 0.1) is 16.0 Å². The van der Waals surface area contributed by atoms with Crippen molar-refractivity contribution in [2.45, 2.75) is 39.3 Å². The van der Waals surface area contributed by atoms with Crippen LogP contribution in [0.2, 0.25) is 5.02 Å². The minimum atomic E-state index is -1.26. The molecule has 9 heteroatoms. The van der Waals surface area contributed by atoms with E-state index in [4.69, 9.17) is 17.3 Å². The van der Waals surface area contributed by atoms with Gasteiger partial charge < -0.3 is 16.4 Å². The minimum Gasteiger partial charge on any atom is -0.375 e. The number of amides is 2. The first kappa shape index (κ1) is 23.2. The van der Waals surface area contributed by atoms with Gasteiger partial charge in [0.1, 0.15) is 11.2 Å². The van der Waals surface area contributed by atoms with E-state index in [9.17, 15) is 19.7 Å². The highest BCUT2D eigenvalue weighted by Gasteiger charge is 2.34. The molecule has 0 aromatic heterocycles. The lowest BCUT2D eigenvalue weighted by molar-refractivity contribution is -0.384. The largest absolute Gasteiger partial charge is 0.375 e. The molecular formula is C21H25ClN4O4. The van der Waals surface area contributed by atoms with E-state index in [1.54, 1.807) is 19.1 Å². The number of anilines is 1. The van der Waals surface area contributed by atoms with Crippen molar-refractivity contribution in [1.29, 1.82) is 0 Å². The maximum Gasteiger partial charge on any atom is 0.293 e. The summed E-state index contributed by atoms with van der Waals surface area (Å²) >= 11 is 6.12. The summed E-state index contributed by atoms with van der Waals surface area (Å²) in [5.74, 6) is -1.18. The van der Waals surface area contributed by atoms with E-state index in [0.717, 1.165) is 5.56 Å². The number of rotatable bonds is 9. The standard InChI is InChI=1S/C21H25ClN4O4/c1-13(2)11-21(3,20(23)28)25-19(27)14-8-9-17(18(10-14)26(29)30)24-12-15-6-4-5-7-16(15)22/h4-10,13,24H,11-12H2,1-3H3,(H2,23,28)(H,25,27). The maximum absolute atomic E-state index is 12.7. The van der Waals surface area contributed by atoms with Gasteiger partial charge >= 0.3 is 0 Å². The minimum absolute atomic E-state index is 0.0567. The number of nitrogens with one attached hydrogen (secondary N) is 2. The van der Waals surface area contributed by atoms with E-state index >= 15 is 0 Å². The number of primary amides is 1. The van der Waals surface area contributed by atoms with Gasteiger partial charge in [0.25, 0.3) is 11.6 Å². The molecule has 160 valence electrons. The number of hydrogen-bond acceptors (Lipinski definition) is 5. The van der Waals surface area contributed by atoms with E-state index in [-0.39, 0.29) is 29.4 Å². The second kappa shape index (κ2) is 9.58. The molecule has 0 aliphatic rings. The summed E-state index contributed by atoms with van der Waals surface area (Å²) in [7, 11) is 0. The van der Waals surface area contributed by atoms with Crippen molar-refractivity contribution in [3.63, 3.8) is 0 Å². The zero-order valence-electron chi connectivity index (χ0n) is 17.1. The number of carbonyl (C=O) groups is 2. The van der Waals surface area contributed by atoms with Crippen LogP contribution in [0.1, 0.15) is 43.1 Å². The van der Waals surface area contributed by atoms with Gasteiger partial charge in [0.2, 0.25) is 5.91 Å². The molecule has 4 N–H and O–H groups in total. The molecule has 0 aliphatic carbocycles. The smallest absolute Gasteiger partial charge is 0.293 e. The topological polar surface area (TPSA) is 127 Å². The van der Waals surface area contributed by atoms with Crippen LogP contribution in [-0.2, 0) is 11.3 Å². The van der Waals surface area contributed by atoms with Crippen molar-refractivity contribution in [2.75, 3.05) is 5.32 Å². The molecule has 0 aliphatic heterocycles. The summed E-state index contributed by atoms with van der Waals surface area (Å²) < 4.78 is 0. The van der Waals surface area contributed by atoms with Crippen molar-refractivity contribution < 1.29 is 14.5 Å². The highest BCUT2D eigenvalue weighted by molar-refractivity contribution is 6.31. The van der Waals surface area contributed by atoms with E-state index in [2.05, 4.69) is 10.6 Å². The Labute approximate surface area is 179 Å². The summed E-state index contributed by atoms with van der Waals surface area (Å²) in [6, 6.07) is 11.2. The van der Waals surface area contributed by atoms with Gasteiger partial charge in [-0.2, -0.15) is 0 Å². The molecule has 1 atom stereocenters. The third kappa shape index (κ3) is 5.70. The van der Waals surface area contributed by atoms with Gasteiger partial charge in [-0.25, -0.2) is 0 Å². The van der Waals surface area contributed by atoms with E-state index in [1.807, 2.05) is 26.0 Å². The molecular weight excluding hydrogens is 408 g/mol. The number of nitro benzene ring substituents is 1. The second-order valence-corrected chi connectivity index (χ2v) is 8.09. The molecule has 8 nitrogen and oxygen atoms in total. The Morgan fingerprint density at radius 2 is 1.90 bits per heavy atom. The van der Waals surface area contributed by atoms with Gasteiger partial charge in [0, 0.05) is 23.2 Å². The first-order valence-electron chi connectivity index (χ1n) is 9.41. The zero-order chi connectivity index (χ0) is 22.5. The van der Waals surface area contributed by atoms with Gasteiger partial charge in [-0.15, -0.1) is 0 Å². The molecule has 0 heterocycles. The molecule has 0 saturated heterocycles. The van der Waals surface area contributed by atoms with Gasteiger partial charge in [-0.3, -0.25) is 19.7 Å². The summed E-state index contributed by atoms with van der Waals surface area (Å²) in [5.41, 5.74) is 5.03. The van der Waals surface area contributed by atoms with E-state index in [0.29, 0.717) is 11.4 Å². The summed E-state index contributed by atoms with van der Waals surface area (Å²) in [6.07, 6.45) is 0.341. The average Bonchev–Trinajstić information content (AvgIpc) is 2.66. The molecule has 1 unspecified atom stereocenters. The van der Waals surface area contributed by atoms with Crippen molar-refractivity contribution in [3.8, 4) is 0 Å². The number of nitro groups is 1. The number of carbonyl (C=O) groups excluding carboxylic acids is 2. The Kier molecular flexibility index (Phi) is 7.39. The molecule has 2 aromatic rings. The highest BCUT2D eigenvalue weighted by atomic mass is 35.5. The normalized spacial score (nSPS) is 12.8. The number of halogens is 1. The number of nitrogens with zero attached hydrogens (tertiary/aromatic N) is 1. The van der Waals surface area contributed by atoms with Crippen molar-refractivity contribution >= 4 is 34.8 Å². The second-order valence-electron chi connectivity index (χ2n) is 7.68. The molecule has 0 bridgehead atoms. The Morgan fingerprint density at radius 1 is 1.23 bits per heavy atom. The predicted molar refractivity (Wildman–Crippen MR) is 116 cm³/mol. The van der Waals surface area contributed by atoms with Crippen molar-refractivity contribution in [1.82, 2.24) is 5.32 Å². The Hall–Kier alpha value is -3.13. The predicted octanol–water partition coefficient (Wildman–Crippen LogP) is 3.88. The molecule has 2 amide bonds. The Bertz CT molecular complexity index is 964. The van der Waals surface area contributed by atoms with Crippen LogP contribution in [0.15, 0.2) is 42.5 Å². The fourth-order valence-electron chi connectivity index (χ4n) is 3.16. The van der Waals surface area contributed by atoms with Crippen LogP contribution in [0.3, 0.4) is 0 Å². The third-order valence-corrected chi connectivity index (χ3v) is 5.00. The summed E-state index contributed by atoms with van der Waals surface area (Å²) in [5, 5.41) is 17.7. The van der Waals surface area contributed by atoms with Crippen molar-refractivity contribution in [3.05, 3.63) is 68.7 Å². The van der Waals surface area contributed by atoms with Crippen LogP contribution >= 0.6 is 11.6 Å². The molecule has 0 radical (unpaired) electrons. The number of hydrogen-bond donors (Lipinski definition) is 3. The van der Waals surface area contributed by atoms with E-state index in [1.165, 1.54) is 18.2 Å². The Balaban J connectivity index is 2.25. The number of benzene rings is 2. The van der Waals surface area contributed by atoms with Crippen molar-refractivity contribution in [2.24, 2.45) is 11.7 Å². The number of nitrogens with two attached hydrogens (primary N) is 1. The lowest BCUT2D eigenvalue weighted by Gasteiger charge is -2.29. The molecule has 0 spiro atoms. The molecule has 0 saturated carbocycles. The zero-order valence-corrected chi connectivity index (χ0v) is 17.8. The van der Waals surface area contributed by atoms with E-state index < -0.39 is 22.3 Å². The molecule has 2 aromatic carbocycles. The van der Waals surface area contributed by atoms with Crippen LogP contribution in [-0.4, -0.2) is 22.3 Å². The Morgan fingerprint density at radius 3 is 2.47 bits per heavy atom. The van der Waals surface area contributed by atoms with Crippen LogP contribution in [0.5, 0.6) is 0 Å². The monoisotopic (exact) mass is 432 g/mol. The first-order chi connectivity index (χ1) is 14.0. The fraction of sp³-hybridized carbons (Fsp3) is 0.333. The molecule has 2 rings (SSSR count). The van der Waals surface area contributed by atoms with Gasteiger partial charge in [0.15, 0.2) is 0 Å². The summed E-state index contributed by atoms with van der Waals surface area (Å²) in [4.78, 5) is 35.5. The highest BCUT2D eigenvalue weighted by Crippen LogP contribution is 2.27. The SMILES string of the molecule is CC(C)CC(C)(NC(=O)c1ccc(NCc2ccccc2Cl)c([N+](=O)[O-])c1)C(N)=O. The molecule has 30 heavy (non-hydrogen) atoms. The first-order valence-corrected chi connectivity index (χ1v) is 9.79. The summed E-state index contributed by atoms with van der Waals surface area (Å²) in [6.45, 7) is 5.62. The maximum atomic E-state index is 12.7. The van der Waals surface area contributed by atoms with Gasteiger partial charge in [-0.1, -0.05) is 43.6 Å². The van der Waals surface area contributed by atoms with Gasteiger partial charge in [0.05, 0.1) is 4.92 Å². The van der Waals surface area contributed by atoms with Crippen LogP contribution in [0.25, 0.3) is 0 Å². The average molecular weight is 433 g/mol. The van der Waals surface area contributed by atoms with Gasteiger partial charge in [-0.05, 0) is 43.0 Å².